The van der Waals surface area contributed by atoms with Gasteiger partial charge in [0.2, 0.25) is 0 Å². The van der Waals surface area contributed by atoms with Gasteiger partial charge in [-0.25, -0.2) is 27.5 Å². The van der Waals surface area contributed by atoms with Gasteiger partial charge < -0.3 is 5.32 Å². The summed E-state index contributed by atoms with van der Waals surface area (Å²) in [4.78, 5) is 7.66. The van der Waals surface area contributed by atoms with E-state index in [-0.39, 0.29) is 34.0 Å². The van der Waals surface area contributed by atoms with Crippen molar-refractivity contribution in [1.82, 2.24) is 14.4 Å². The average molecular weight is 376 g/mol. The van der Waals surface area contributed by atoms with Crippen molar-refractivity contribution >= 4 is 17.0 Å². The van der Waals surface area contributed by atoms with Crippen molar-refractivity contribution < 1.29 is 17.6 Å². The van der Waals surface area contributed by atoms with Crippen LogP contribution in [-0.4, -0.2) is 32.5 Å². The molecule has 2 N–H and O–H groups in total. The number of anilines is 1. The second-order valence-electron chi connectivity index (χ2n) is 5.87. The molecule has 0 aliphatic heterocycles. The van der Waals surface area contributed by atoms with Gasteiger partial charge in [0.1, 0.15) is 17.6 Å². The lowest BCUT2D eigenvalue weighted by molar-refractivity contribution is 0.0367. The van der Waals surface area contributed by atoms with Gasteiger partial charge in [0.25, 0.3) is 5.92 Å². The fraction of sp³-hybridized carbons (Fsp3) is 0.176. The smallest absolute Gasteiger partial charge is 0.262 e. The highest BCUT2D eigenvalue weighted by Gasteiger charge is 2.23. The lowest BCUT2D eigenvalue weighted by Crippen LogP contribution is -2.24. The van der Waals surface area contributed by atoms with E-state index in [2.05, 4.69) is 15.3 Å². The molecule has 138 valence electrons. The highest BCUT2D eigenvalue weighted by atomic mass is 19.3. The number of imidazole rings is 1. The Bertz CT molecular complexity index is 1080. The normalized spacial score (nSPS) is 11.4. The molecule has 0 aliphatic carbocycles. The van der Waals surface area contributed by atoms with Crippen LogP contribution < -0.4 is 5.32 Å². The van der Waals surface area contributed by atoms with E-state index >= 15 is 0 Å². The van der Waals surface area contributed by atoms with Crippen molar-refractivity contribution in [2.75, 3.05) is 11.9 Å². The van der Waals surface area contributed by atoms with E-state index in [4.69, 9.17) is 10.7 Å². The second-order valence-corrected chi connectivity index (χ2v) is 5.87. The van der Waals surface area contributed by atoms with Crippen LogP contribution in [0.5, 0.6) is 0 Å². The molecule has 0 fully saturated rings. The molecule has 3 heterocycles. The van der Waals surface area contributed by atoms with Crippen LogP contribution >= 0.6 is 0 Å². The highest BCUT2D eigenvalue weighted by molar-refractivity contribution is 6.13. The Morgan fingerprint density at radius 2 is 2.04 bits per heavy atom. The molecule has 0 saturated carbocycles. The molecule has 0 saturated heterocycles. The number of alkyl halides is 2. The van der Waals surface area contributed by atoms with Gasteiger partial charge in [0, 0.05) is 36.6 Å². The summed E-state index contributed by atoms with van der Waals surface area (Å²) in [6.07, 6.45) is 3.28. The van der Waals surface area contributed by atoms with Crippen molar-refractivity contribution in [1.29, 1.82) is 10.7 Å². The zero-order valence-corrected chi connectivity index (χ0v) is 13.9. The van der Waals surface area contributed by atoms with Gasteiger partial charge in [-0.1, -0.05) is 0 Å². The first-order chi connectivity index (χ1) is 12.7. The first kappa shape index (κ1) is 18.3. The Morgan fingerprint density at radius 1 is 1.30 bits per heavy atom. The van der Waals surface area contributed by atoms with Crippen LogP contribution in [0.15, 0.2) is 30.7 Å². The molecule has 0 amide bonds. The lowest BCUT2D eigenvalue weighted by atomic mass is 10.1. The van der Waals surface area contributed by atoms with Gasteiger partial charge in [0.15, 0.2) is 11.5 Å². The van der Waals surface area contributed by atoms with Crippen LogP contribution in [-0.2, 0) is 0 Å². The molecule has 0 aromatic carbocycles. The Morgan fingerprint density at radius 3 is 2.70 bits per heavy atom. The van der Waals surface area contributed by atoms with E-state index in [1.54, 1.807) is 6.07 Å². The minimum Gasteiger partial charge on any atom is -0.378 e. The van der Waals surface area contributed by atoms with Crippen molar-refractivity contribution in [3.8, 4) is 6.07 Å². The minimum absolute atomic E-state index is 0.0289. The fourth-order valence-electron chi connectivity index (χ4n) is 2.45. The quantitative estimate of drug-likeness (QED) is 0.528. The summed E-state index contributed by atoms with van der Waals surface area (Å²) in [5.41, 5.74) is -0.312. The molecule has 6 nitrogen and oxygen atoms in total. The predicted octanol–water partition coefficient (Wildman–Crippen LogP) is 3.36. The van der Waals surface area contributed by atoms with Crippen LogP contribution in [0.2, 0.25) is 0 Å². The number of pyridine rings is 2. The summed E-state index contributed by atoms with van der Waals surface area (Å²) in [6.45, 7) is -0.0218. The predicted molar refractivity (Wildman–Crippen MR) is 89.1 cm³/mol. The van der Waals surface area contributed by atoms with Gasteiger partial charge >= 0.3 is 0 Å². The number of nitriles is 1. The van der Waals surface area contributed by atoms with E-state index < -0.39 is 24.1 Å². The molecule has 0 radical (unpaired) electrons. The molecular weight excluding hydrogens is 364 g/mol. The van der Waals surface area contributed by atoms with Crippen LogP contribution in [0, 0.1) is 28.4 Å². The number of halogens is 4. The maximum Gasteiger partial charge on any atom is 0.262 e. The van der Waals surface area contributed by atoms with E-state index in [1.165, 1.54) is 6.07 Å². The van der Waals surface area contributed by atoms with Crippen LogP contribution in [0.25, 0.3) is 5.65 Å². The summed E-state index contributed by atoms with van der Waals surface area (Å²) in [6, 6.07) is 3.67. The molecule has 0 atom stereocenters. The van der Waals surface area contributed by atoms with E-state index in [9.17, 15) is 17.6 Å². The van der Waals surface area contributed by atoms with Crippen LogP contribution in [0.1, 0.15) is 23.9 Å². The fourth-order valence-corrected chi connectivity index (χ4v) is 2.45. The van der Waals surface area contributed by atoms with Crippen molar-refractivity contribution in [3.05, 3.63) is 59.3 Å². The summed E-state index contributed by atoms with van der Waals surface area (Å²) < 4.78 is 54.8. The summed E-state index contributed by atoms with van der Waals surface area (Å²) in [5, 5.41) is 19.8. The van der Waals surface area contributed by atoms with Crippen molar-refractivity contribution in [3.63, 3.8) is 0 Å². The summed E-state index contributed by atoms with van der Waals surface area (Å²) >= 11 is 0. The molecule has 3 aromatic rings. The molecule has 0 unspecified atom stereocenters. The third-order valence-corrected chi connectivity index (χ3v) is 3.66. The number of hydrogen-bond acceptors (Lipinski definition) is 5. The summed E-state index contributed by atoms with van der Waals surface area (Å²) in [5.74, 6) is -4.81. The Kier molecular flexibility index (Phi) is 4.53. The number of rotatable bonds is 5. The third kappa shape index (κ3) is 3.72. The molecular formula is C17H12F4N6. The largest absolute Gasteiger partial charge is 0.378 e. The van der Waals surface area contributed by atoms with Crippen LogP contribution in [0.3, 0.4) is 0 Å². The molecule has 0 bridgehead atoms. The number of aromatic nitrogens is 3. The maximum atomic E-state index is 13.8. The monoisotopic (exact) mass is 376 g/mol. The first-order valence-corrected chi connectivity index (χ1v) is 7.63. The molecule has 0 spiro atoms. The topological polar surface area (TPSA) is 89.9 Å². The Hall–Kier alpha value is -3.48. The standard InChI is InChI=1S/C17H12F4N6/c1-17(20,21)8-26-13-3-10(4-22)24-5-11(13)15(23)14-6-25-16-12(19)2-9(18)7-27(14)16/h2-3,5-7,23H,8H2,1H3,(H,24,26). The number of hydrogen-bond donors (Lipinski definition) is 2. The molecule has 0 aliphatic rings. The van der Waals surface area contributed by atoms with Crippen molar-refractivity contribution in [2.45, 2.75) is 12.8 Å². The molecule has 10 heteroatoms. The SMILES string of the molecule is CC(F)(F)CNc1cc(C#N)ncc1C(=N)c1cnc2c(F)cc(F)cn12. The molecule has 3 rings (SSSR count). The van der Waals surface area contributed by atoms with Gasteiger partial charge in [-0.3, -0.25) is 9.81 Å². The molecule has 3 aromatic heterocycles. The maximum absolute atomic E-state index is 13.8. The number of nitrogens with one attached hydrogen (secondary N) is 2. The van der Waals surface area contributed by atoms with E-state index in [0.29, 0.717) is 13.0 Å². The van der Waals surface area contributed by atoms with Gasteiger partial charge in [-0.15, -0.1) is 0 Å². The third-order valence-electron chi connectivity index (χ3n) is 3.66. The van der Waals surface area contributed by atoms with Crippen molar-refractivity contribution in [2.24, 2.45) is 0 Å². The van der Waals surface area contributed by atoms with Gasteiger partial charge in [-0.05, 0) is 6.07 Å². The highest BCUT2D eigenvalue weighted by Crippen LogP contribution is 2.23. The zero-order chi connectivity index (χ0) is 19.8. The Labute approximate surface area is 150 Å². The summed E-state index contributed by atoms with van der Waals surface area (Å²) in [7, 11) is 0. The van der Waals surface area contributed by atoms with E-state index in [0.717, 1.165) is 23.0 Å². The Balaban J connectivity index is 2.08. The minimum atomic E-state index is -3.04. The second kappa shape index (κ2) is 6.68. The van der Waals surface area contributed by atoms with Gasteiger partial charge in [-0.2, -0.15) is 5.26 Å². The number of nitrogens with zero attached hydrogens (tertiary/aromatic N) is 4. The zero-order valence-electron chi connectivity index (χ0n) is 13.9. The van der Waals surface area contributed by atoms with E-state index in [1.807, 2.05) is 0 Å². The average Bonchev–Trinajstić information content (AvgIpc) is 3.02. The van der Waals surface area contributed by atoms with Crippen LogP contribution in [0.4, 0.5) is 23.2 Å². The van der Waals surface area contributed by atoms with Gasteiger partial charge in [0.05, 0.1) is 24.1 Å². The number of fused-ring (bicyclic) bond motifs is 1. The molecule has 27 heavy (non-hydrogen) atoms. The lowest BCUT2D eigenvalue weighted by Gasteiger charge is -2.16. The first-order valence-electron chi connectivity index (χ1n) is 7.63.